The Kier molecular flexibility index (Phi) is 30.5. The quantitative estimate of drug-likeness (QED) is 0.0312. The van der Waals surface area contributed by atoms with Gasteiger partial charge in [-0.05, 0) is 12.8 Å². The van der Waals surface area contributed by atoms with Crippen LogP contribution in [0.15, 0.2) is 0 Å². The number of phosphoric ester groups is 1. The number of nitrogens with zero attached hydrogens (tertiary/aromatic N) is 1. The first-order valence-electron chi connectivity index (χ1n) is 18.8. The number of hydrogen-bond donors (Lipinski definition) is 1. The van der Waals surface area contributed by atoms with E-state index in [2.05, 4.69) is 6.92 Å². The van der Waals surface area contributed by atoms with Gasteiger partial charge in [-0.2, -0.15) is 0 Å². The first-order chi connectivity index (χ1) is 21.6. The van der Waals surface area contributed by atoms with Crippen molar-refractivity contribution in [1.82, 2.24) is 0 Å². The van der Waals surface area contributed by atoms with Crippen LogP contribution >= 0.6 is 7.82 Å². The summed E-state index contributed by atoms with van der Waals surface area (Å²) >= 11 is 0. The second-order valence-corrected chi connectivity index (χ2v) is 15.4. The summed E-state index contributed by atoms with van der Waals surface area (Å²) in [5.41, 5.74) is 0. The molecule has 0 aromatic rings. The van der Waals surface area contributed by atoms with E-state index >= 15 is 0 Å². The van der Waals surface area contributed by atoms with E-state index in [4.69, 9.17) is 18.5 Å². The van der Waals surface area contributed by atoms with Crippen molar-refractivity contribution in [3.8, 4) is 0 Å². The lowest BCUT2D eigenvalue weighted by Gasteiger charge is -2.24. The zero-order chi connectivity index (χ0) is 33.5. The van der Waals surface area contributed by atoms with Crippen LogP contribution in [0.5, 0.6) is 0 Å². The molecule has 0 aromatic heterocycles. The van der Waals surface area contributed by atoms with Crippen LogP contribution in [0.4, 0.5) is 0 Å². The van der Waals surface area contributed by atoms with Gasteiger partial charge in [0.25, 0.3) is 0 Å². The van der Waals surface area contributed by atoms with Gasteiger partial charge in [0, 0.05) is 13.0 Å². The number of quaternary nitrogens is 1. The van der Waals surface area contributed by atoms with E-state index in [0.717, 1.165) is 12.8 Å². The van der Waals surface area contributed by atoms with Gasteiger partial charge in [-0.1, -0.05) is 149 Å². The Morgan fingerprint density at radius 1 is 0.600 bits per heavy atom. The Labute approximate surface area is 278 Å². The van der Waals surface area contributed by atoms with Crippen LogP contribution in [-0.4, -0.2) is 75.6 Å². The van der Waals surface area contributed by atoms with Crippen LogP contribution in [0.1, 0.15) is 168 Å². The SMILES string of the molecule is CCCCCCCCCCCCCCCCCCCCCCCCOCC(COP(=O)(O)OCC[N+](C)(C)C)OC(=O)CCC. The predicted octanol–water partition coefficient (Wildman–Crippen LogP) is 10.2. The maximum Gasteiger partial charge on any atom is 0.472 e. The normalized spacial score (nSPS) is 14.0. The molecule has 45 heavy (non-hydrogen) atoms. The van der Waals surface area contributed by atoms with E-state index < -0.39 is 13.9 Å². The number of unbranched alkanes of at least 4 members (excludes halogenated alkanes) is 21. The van der Waals surface area contributed by atoms with Crippen LogP contribution < -0.4 is 0 Å². The largest absolute Gasteiger partial charge is 0.472 e. The fourth-order valence-electron chi connectivity index (χ4n) is 5.24. The van der Waals surface area contributed by atoms with Crippen molar-refractivity contribution in [2.75, 3.05) is 54.1 Å². The predicted molar refractivity (Wildman–Crippen MR) is 187 cm³/mol. The zero-order valence-electron chi connectivity index (χ0n) is 30.4. The minimum absolute atomic E-state index is 0.0908. The number of carbonyl (C=O) groups is 1. The van der Waals surface area contributed by atoms with Gasteiger partial charge in [0.05, 0.1) is 34.4 Å². The molecule has 0 aliphatic rings. The molecule has 0 radical (unpaired) electrons. The average molecular weight is 665 g/mol. The number of carbonyl (C=O) groups excluding carboxylic acids is 1. The monoisotopic (exact) mass is 665 g/mol. The Morgan fingerprint density at radius 2 is 1.02 bits per heavy atom. The van der Waals surface area contributed by atoms with E-state index in [1.54, 1.807) is 0 Å². The molecule has 2 atom stereocenters. The highest BCUT2D eigenvalue weighted by molar-refractivity contribution is 7.47. The third-order valence-corrected chi connectivity index (χ3v) is 9.12. The van der Waals surface area contributed by atoms with E-state index in [-0.39, 0.29) is 32.2 Å². The van der Waals surface area contributed by atoms with Crippen LogP contribution in [0.2, 0.25) is 0 Å². The Balaban J connectivity index is 3.70. The van der Waals surface area contributed by atoms with Crippen molar-refractivity contribution in [3.05, 3.63) is 0 Å². The van der Waals surface area contributed by atoms with Crippen molar-refractivity contribution in [2.45, 2.75) is 174 Å². The van der Waals surface area contributed by atoms with Gasteiger partial charge in [-0.3, -0.25) is 13.8 Å². The van der Waals surface area contributed by atoms with E-state index in [1.807, 2.05) is 28.1 Å². The molecule has 0 aliphatic carbocycles. The van der Waals surface area contributed by atoms with Crippen LogP contribution in [0, 0.1) is 0 Å². The maximum atomic E-state index is 12.2. The van der Waals surface area contributed by atoms with E-state index in [9.17, 15) is 14.3 Å². The number of esters is 1. The second-order valence-electron chi connectivity index (χ2n) is 14.0. The molecule has 8 nitrogen and oxygen atoms in total. The molecular weight excluding hydrogens is 589 g/mol. The maximum absolute atomic E-state index is 12.2. The highest BCUT2D eigenvalue weighted by Crippen LogP contribution is 2.43. The van der Waals surface area contributed by atoms with Gasteiger partial charge in [0.15, 0.2) is 0 Å². The van der Waals surface area contributed by atoms with Crippen LogP contribution in [-0.2, 0) is 27.9 Å². The molecule has 0 aliphatic heterocycles. The van der Waals surface area contributed by atoms with Crippen LogP contribution in [0.3, 0.4) is 0 Å². The first kappa shape index (κ1) is 44.5. The van der Waals surface area contributed by atoms with Gasteiger partial charge in [-0.15, -0.1) is 0 Å². The molecule has 0 amide bonds. The van der Waals surface area contributed by atoms with Crippen molar-refractivity contribution in [3.63, 3.8) is 0 Å². The summed E-state index contributed by atoms with van der Waals surface area (Å²) in [6.07, 6.45) is 30.1. The summed E-state index contributed by atoms with van der Waals surface area (Å²) in [5.74, 6) is -0.363. The molecule has 0 spiro atoms. The van der Waals surface area contributed by atoms with Gasteiger partial charge >= 0.3 is 13.8 Å². The minimum Gasteiger partial charge on any atom is -0.457 e. The molecule has 1 N–H and O–H groups in total. The van der Waals surface area contributed by atoms with Gasteiger partial charge in [0.1, 0.15) is 19.3 Å². The first-order valence-corrected chi connectivity index (χ1v) is 20.3. The Hall–Kier alpha value is -0.500. The van der Waals surface area contributed by atoms with Crippen molar-refractivity contribution < 1.29 is 37.3 Å². The molecular formula is C36H75NO7P+. The number of hydrogen-bond acceptors (Lipinski definition) is 6. The summed E-state index contributed by atoms with van der Waals surface area (Å²) in [6, 6.07) is 0. The lowest BCUT2D eigenvalue weighted by atomic mass is 10.0. The molecule has 270 valence electrons. The summed E-state index contributed by atoms with van der Waals surface area (Å²) < 4.78 is 34.2. The topological polar surface area (TPSA) is 91.3 Å². The molecule has 9 heteroatoms. The molecule has 0 saturated heterocycles. The molecule has 0 fully saturated rings. The number of likely N-dealkylation sites (N-methyl/N-ethyl adjacent to an activating group) is 1. The number of rotatable bonds is 35. The Bertz CT molecular complexity index is 701. The lowest BCUT2D eigenvalue weighted by Crippen LogP contribution is -2.37. The molecule has 0 saturated carbocycles. The van der Waals surface area contributed by atoms with Gasteiger partial charge in [0.2, 0.25) is 0 Å². The molecule has 0 bridgehead atoms. The Morgan fingerprint density at radius 3 is 1.42 bits per heavy atom. The minimum atomic E-state index is -4.23. The van der Waals surface area contributed by atoms with Crippen molar-refractivity contribution in [1.29, 1.82) is 0 Å². The number of phosphoric acid groups is 1. The molecule has 0 heterocycles. The average Bonchev–Trinajstić information content (AvgIpc) is 2.97. The molecule has 0 aromatic carbocycles. The lowest BCUT2D eigenvalue weighted by molar-refractivity contribution is -0.870. The van der Waals surface area contributed by atoms with Gasteiger partial charge < -0.3 is 18.9 Å². The smallest absolute Gasteiger partial charge is 0.457 e. The molecule has 0 rings (SSSR count). The van der Waals surface area contributed by atoms with Crippen LogP contribution in [0.25, 0.3) is 0 Å². The summed E-state index contributed by atoms with van der Waals surface area (Å²) in [4.78, 5) is 22.0. The third-order valence-electron chi connectivity index (χ3n) is 8.14. The number of ether oxygens (including phenoxy) is 2. The fraction of sp³-hybridized carbons (Fsp3) is 0.972. The van der Waals surface area contributed by atoms with E-state index in [0.29, 0.717) is 24.1 Å². The highest BCUT2D eigenvalue weighted by atomic mass is 31.2. The van der Waals surface area contributed by atoms with Crippen molar-refractivity contribution in [2.24, 2.45) is 0 Å². The van der Waals surface area contributed by atoms with Crippen molar-refractivity contribution >= 4 is 13.8 Å². The van der Waals surface area contributed by atoms with E-state index in [1.165, 1.54) is 128 Å². The summed E-state index contributed by atoms with van der Waals surface area (Å²) in [7, 11) is 1.67. The summed E-state index contributed by atoms with van der Waals surface area (Å²) in [6.45, 7) is 5.29. The third kappa shape index (κ3) is 34.6. The highest BCUT2D eigenvalue weighted by Gasteiger charge is 2.26. The van der Waals surface area contributed by atoms with Gasteiger partial charge in [-0.25, -0.2) is 4.57 Å². The summed E-state index contributed by atoms with van der Waals surface area (Å²) in [5, 5.41) is 0. The zero-order valence-corrected chi connectivity index (χ0v) is 31.3. The standard InChI is InChI=1S/C36H74NO7P/c1-6-8-9-10-11-12-13-14-15-16-17-18-19-20-21-22-23-24-25-26-27-28-31-41-33-35(44-36(38)29-7-2)34-43-45(39,40)42-32-30-37(3,4)5/h35H,6-34H2,1-5H3/p+1. The molecule has 2 unspecified atom stereocenters. The fourth-order valence-corrected chi connectivity index (χ4v) is 5.98. The second kappa shape index (κ2) is 30.8.